The zero-order valence-corrected chi connectivity index (χ0v) is 11.2. The maximum Gasteiger partial charge on any atom is 0.333 e. The lowest BCUT2D eigenvalue weighted by Gasteiger charge is -2.17. The van der Waals surface area contributed by atoms with E-state index < -0.39 is 0 Å². The summed E-state index contributed by atoms with van der Waals surface area (Å²) in [6, 6.07) is 0. The number of anilines is 1. The van der Waals surface area contributed by atoms with E-state index in [1.54, 1.807) is 24.7 Å². The Kier molecular flexibility index (Phi) is 3.84. The van der Waals surface area contributed by atoms with Crippen molar-refractivity contribution in [2.24, 2.45) is 7.05 Å². The second-order valence-electron chi connectivity index (χ2n) is 4.62. The molecular formula is C12H18N4O3. The zero-order valence-electron chi connectivity index (χ0n) is 11.2. The summed E-state index contributed by atoms with van der Waals surface area (Å²) in [6.07, 6.45) is 2.65. The van der Waals surface area contributed by atoms with Crippen molar-refractivity contribution in [2.45, 2.75) is 19.4 Å². The highest BCUT2D eigenvalue weighted by Gasteiger charge is 2.33. The molecule has 0 radical (unpaired) electrons. The summed E-state index contributed by atoms with van der Waals surface area (Å²) in [5.41, 5.74) is 0.532. The molecule has 19 heavy (non-hydrogen) atoms. The lowest BCUT2D eigenvalue weighted by Crippen LogP contribution is -2.25. The van der Waals surface area contributed by atoms with Crippen molar-refractivity contribution in [3.8, 4) is 0 Å². The van der Waals surface area contributed by atoms with Crippen LogP contribution in [0.25, 0.3) is 0 Å². The molecule has 0 aliphatic carbocycles. The number of hydrogen-bond donors (Lipinski definition) is 0. The quantitative estimate of drug-likeness (QED) is 0.458. The van der Waals surface area contributed by atoms with Gasteiger partial charge in [-0.05, 0) is 13.3 Å². The normalized spacial score (nSPS) is 18.8. The Labute approximate surface area is 111 Å². The van der Waals surface area contributed by atoms with Crippen molar-refractivity contribution in [3.05, 3.63) is 28.5 Å². The predicted octanol–water partition coefficient (Wildman–Crippen LogP) is 1.42. The molecule has 0 N–H and O–H groups in total. The van der Waals surface area contributed by atoms with Crippen LogP contribution in [0.5, 0.6) is 0 Å². The Bertz CT molecular complexity index is 497. The standard InChI is InChI=1S/C12H18N4O3/c1-4-7-19-10-5-6-15(8-10)12-11(16(17)18)9(2)13-14(12)3/h4,10H,1,5-8H2,2-3H3. The average molecular weight is 266 g/mol. The fourth-order valence-corrected chi connectivity index (χ4v) is 2.46. The predicted molar refractivity (Wildman–Crippen MR) is 71.4 cm³/mol. The van der Waals surface area contributed by atoms with Crippen LogP contribution in [0.3, 0.4) is 0 Å². The molecule has 1 aliphatic heterocycles. The fourth-order valence-electron chi connectivity index (χ4n) is 2.46. The highest BCUT2D eigenvalue weighted by atomic mass is 16.6. The van der Waals surface area contributed by atoms with Gasteiger partial charge >= 0.3 is 5.69 Å². The molecule has 104 valence electrons. The summed E-state index contributed by atoms with van der Waals surface area (Å²) >= 11 is 0. The first-order valence-electron chi connectivity index (χ1n) is 6.20. The monoisotopic (exact) mass is 266 g/mol. The Hall–Kier alpha value is -1.89. The van der Waals surface area contributed by atoms with Crippen molar-refractivity contribution in [2.75, 3.05) is 24.6 Å². The van der Waals surface area contributed by atoms with Gasteiger partial charge in [0.1, 0.15) is 5.69 Å². The Balaban J connectivity index is 2.19. The van der Waals surface area contributed by atoms with E-state index in [0.29, 0.717) is 24.7 Å². The van der Waals surface area contributed by atoms with E-state index in [1.807, 2.05) is 4.90 Å². The Morgan fingerprint density at radius 2 is 2.42 bits per heavy atom. The number of aromatic nitrogens is 2. The molecule has 0 aromatic carbocycles. The molecule has 1 saturated heterocycles. The Morgan fingerprint density at radius 1 is 1.68 bits per heavy atom. The van der Waals surface area contributed by atoms with Crippen molar-refractivity contribution in [3.63, 3.8) is 0 Å². The van der Waals surface area contributed by atoms with E-state index >= 15 is 0 Å². The molecule has 7 heteroatoms. The number of rotatable bonds is 5. The van der Waals surface area contributed by atoms with Gasteiger partial charge in [-0.2, -0.15) is 5.10 Å². The van der Waals surface area contributed by atoms with Gasteiger partial charge in [-0.1, -0.05) is 6.08 Å². The molecule has 0 amide bonds. The van der Waals surface area contributed by atoms with Crippen LogP contribution in [0.4, 0.5) is 11.5 Å². The molecule has 0 spiro atoms. The maximum atomic E-state index is 11.1. The molecule has 1 atom stereocenters. The van der Waals surface area contributed by atoms with Gasteiger partial charge in [0, 0.05) is 20.1 Å². The van der Waals surface area contributed by atoms with Crippen molar-refractivity contribution < 1.29 is 9.66 Å². The minimum absolute atomic E-state index is 0.0897. The summed E-state index contributed by atoms with van der Waals surface area (Å²) in [4.78, 5) is 12.7. The third-order valence-electron chi connectivity index (χ3n) is 3.24. The number of nitro groups is 1. The van der Waals surface area contributed by atoms with Crippen LogP contribution >= 0.6 is 0 Å². The van der Waals surface area contributed by atoms with Gasteiger partial charge in [0.15, 0.2) is 0 Å². The van der Waals surface area contributed by atoms with Crippen LogP contribution in [0.1, 0.15) is 12.1 Å². The third kappa shape index (κ3) is 2.60. The minimum Gasteiger partial charge on any atom is -0.372 e. The van der Waals surface area contributed by atoms with Gasteiger partial charge in [0.2, 0.25) is 5.82 Å². The summed E-state index contributed by atoms with van der Waals surface area (Å²) in [5.74, 6) is 0.562. The average Bonchev–Trinajstić information content (AvgIpc) is 2.90. The molecule has 2 heterocycles. The van der Waals surface area contributed by atoms with Gasteiger partial charge in [0.05, 0.1) is 17.6 Å². The van der Waals surface area contributed by atoms with Crippen LogP contribution < -0.4 is 4.90 Å². The van der Waals surface area contributed by atoms with Gasteiger partial charge < -0.3 is 9.64 Å². The van der Waals surface area contributed by atoms with E-state index in [9.17, 15) is 10.1 Å². The summed E-state index contributed by atoms with van der Waals surface area (Å²) < 4.78 is 7.16. The highest BCUT2D eigenvalue weighted by Crippen LogP contribution is 2.33. The molecule has 1 fully saturated rings. The van der Waals surface area contributed by atoms with E-state index in [2.05, 4.69) is 11.7 Å². The number of aryl methyl sites for hydroxylation is 2. The van der Waals surface area contributed by atoms with E-state index in [0.717, 1.165) is 13.0 Å². The largest absolute Gasteiger partial charge is 0.372 e. The first kappa shape index (κ1) is 13.5. The van der Waals surface area contributed by atoms with Gasteiger partial charge in [-0.3, -0.25) is 10.1 Å². The van der Waals surface area contributed by atoms with Crippen LogP contribution in [-0.2, 0) is 11.8 Å². The lowest BCUT2D eigenvalue weighted by molar-refractivity contribution is -0.384. The van der Waals surface area contributed by atoms with Crippen molar-refractivity contribution in [1.29, 1.82) is 0 Å². The van der Waals surface area contributed by atoms with Gasteiger partial charge in [0.25, 0.3) is 0 Å². The summed E-state index contributed by atoms with van der Waals surface area (Å²) in [7, 11) is 1.73. The Morgan fingerprint density at radius 3 is 3.05 bits per heavy atom. The molecule has 0 bridgehead atoms. The van der Waals surface area contributed by atoms with Crippen LogP contribution in [0, 0.1) is 17.0 Å². The van der Waals surface area contributed by atoms with Crippen molar-refractivity contribution >= 4 is 11.5 Å². The summed E-state index contributed by atoms with van der Waals surface area (Å²) in [6.45, 7) is 7.16. The maximum absolute atomic E-state index is 11.1. The second kappa shape index (κ2) is 5.40. The SMILES string of the molecule is C=CCOC1CCN(c2c([N+](=O)[O-])c(C)nn2C)C1. The molecular weight excluding hydrogens is 248 g/mol. The molecule has 2 rings (SSSR count). The molecule has 7 nitrogen and oxygen atoms in total. The molecule has 1 unspecified atom stereocenters. The van der Waals surface area contributed by atoms with Crippen molar-refractivity contribution in [1.82, 2.24) is 9.78 Å². The molecule has 1 aromatic heterocycles. The van der Waals surface area contributed by atoms with Gasteiger partial charge in [-0.15, -0.1) is 6.58 Å². The topological polar surface area (TPSA) is 73.4 Å². The first-order chi connectivity index (χ1) is 9.04. The number of hydrogen-bond acceptors (Lipinski definition) is 5. The number of nitrogens with zero attached hydrogens (tertiary/aromatic N) is 4. The third-order valence-corrected chi connectivity index (χ3v) is 3.24. The second-order valence-corrected chi connectivity index (χ2v) is 4.62. The molecule has 1 aromatic rings. The van der Waals surface area contributed by atoms with Crippen LogP contribution in [0.15, 0.2) is 12.7 Å². The van der Waals surface area contributed by atoms with E-state index in [1.165, 1.54) is 0 Å². The minimum atomic E-state index is -0.365. The van der Waals surface area contributed by atoms with Gasteiger partial charge in [-0.25, -0.2) is 4.68 Å². The smallest absolute Gasteiger partial charge is 0.333 e. The molecule has 1 aliphatic rings. The molecule has 0 saturated carbocycles. The lowest BCUT2D eigenvalue weighted by atomic mass is 10.3. The fraction of sp³-hybridized carbons (Fsp3) is 0.583. The summed E-state index contributed by atoms with van der Waals surface area (Å²) in [5, 5.41) is 15.3. The van der Waals surface area contributed by atoms with E-state index in [-0.39, 0.29) is 16.7 Å². The van der Waals surface area contributed by atoms with E-state index in [4.69, 9.17) is 4.74 Å². The first-order valence-corrected chi connectivity index (χ1v) is 6.20. The number of ether oxygens (including phenoxy) is 1. The van der Waals surface area contributed by atoms with Crippen LogP contribution in [0.2, 0.25) is 0 Å². The zero-order chi connectivity index (χ0) is 14.0. The van der Waals surface area contributed by atoms with Crippen LogP contribution in [-0.4, -0.2) is 40.5 Å². The highest BCUT2D eigenvalue weighted by molar-refractivity contribution is 5.61.